The lowest BCUT2D eigenvalue weighted by molar-refractivity contribution is -0.130. The van der Waals surface area contributed by atoms with Gasteiger partial charge in [-0.2, -0.15) is 0 Å². The van der Waals surface area contributed by atoms with Crippen molar-refractivity contribution in [3.05, 3.63) is 24.3 Å². The van der Waals surface area contributed by atoms with E-state index in [1.165, 1.54) is 18.6 Å². The molecule has 27 heavy (non-hydrogen) atoms. The molecule has 1 saturated heterocycles. The zero-order valence-corrected chi connectivity index (χ0v) is 16.4. The van der Waals surface area contributed by atoms with Crippen LogP contribution in [0, 0.1) is 5.92 Å². The molecule has 0 aromatic heterocycles. The summed E-state index contributed by atoms with van der Waals surface area (Å²) in [6.07, 6.45) is 5.82. The highest BCUT2D eigenvalue weighted by Gasteiger charge is 2.38. The number of amides is 2. The van der Waals surface area contributed by atoms with Gasteiger partial charge >= 0.3 is 0 Å². The van der Waals surface area contributed by atoms with Gasteiger partial charge in [0.15, 0.2) is 0 Å². The third-order valence-corrected chi connectivity index (χ3v) is 6.87. The average molecular weight is 394 g/mol. The van der Waals surface area contributed by atoms with E-state index >= 15 is 0 Å². The first-order chi connectivity index (χ1) is 12.9. The van der Waals surface area contributed by atoms with Crippen LogP contribution < -0.4 is 10.0 Å². The largest absolute Gasteiger partial charge is 0.339 e. The van der Waals surface area contributed by atoms with Gasteiger partial charge in [0.05, 0.1) is 10.8 Å². The fourth-order valence-electron chi connectivity index (χ4n) is 3.89. The Morgan fingerprint density at radius 1 is 1.15 bits per heavy atom. The van der Waals surface area contributed by atoms with Crippen LogP contribution in [-0.2, 0) is 19.6 Å². The Kier molecular flexibility index (Phi) is 6.16. The second-order valence-electron chi connectivity index (χ2n) is 7.25. The molecule has 1 heterocycles. The Morgan fingerprint density at radius 3 is 2.44 bits per heavy atom. The summed E-state index contributed by atoms with van der Waals surface area (Å²) < 4.78 is 26.3. The number of nitrogens with zero attached hydrogens (tertiary/aromatic N) is 1. The van der Waals surface area contributed by atoms with Gasteiger partial charge in [0, 0.05) is 31.2 Å². The lowest BCUT2D eigenvalue weighted by atomic mass is 9.94. The molecular weight excluding hydrogens is 366 g/mol. The molecule has 2 aliphatic rings. The van der Waals surface area contributed by atoms with Crippen molar-refractivity contribution in [3.8, 4) is 0 Å². The molecule has 8 heteroatoms. The van der Waals surface area contributed by atoms with E-state index in [9.17, 15) is 18.0 Å². The molecule has 3 rings (SSSR count). The van der Waals surface area contributed by atoms with Gasteiger partial charge in [0.2, 0.25) is 21.8 Å². The maximum Gasteiger partial charge on any atom is 0.240 e. The molecule has 1 atom stereocenters. The quantitative estimate of drug-likeness (QED) is 0.774. The number of rotatable bonds is 6. The van der Waals surface area contributed by atoms with Gasteiger partial charge < -0.3 is 10.2 Å². The molecule has 0 unspecified atom stereocenters. The van der Waals surface area contributed by atoms with Crippen molar-refractivity contribution in [1.82, 2.24) is 9.62 Å². The fraction of sp³-hybridized carbons (Fsp3) is 0.579. The molecular formula is C19H27N3O4S. The van der Waals surface area contributed by atoms with Crippen molar-refractivity contribution in [1.29, 1.82) is 0 Å². The van der Waals surface area contributed by atoms with Crippen molar-refractivity contribution in [3.63, 3.8) is 0 Å². The van der Waals surface area contributed by atoms with Gasteiger partial charge in [-0.05, 0) is 37.1 Å². The normalized spacial score (nSPS) is 21.4. The zero-order chi connectivity index (χ0) is 19.4. The average Bonchev–Trinajstić information content (AvgIpc) is 3.05. The topological polar surface area (TPSA) is 95.6 Å². The molecule has 1 saturated carbocycles. The van der Waals surface area contributed by atoms with Gasteiger partial charge in [0.1, 0.15) is 0 Å². The van der Waals surface area contributed by atoms with E-state index in [1.54, 1.807) is 19.1 Å². The number of sulfonamides is 1. The summed E-state index contributed by atoms with van der Waals surface area (Å²) in [7, 11) is -3.51. The molecule has 0 bridgehead atoms. The monoisotopic (exact) mass is 393 g/mol. The lowest BCUT2D eigenvalue weighted by Gasteiger charge is -2.31. The van der Waals surface area contributed by atoms with Crippen LogP contribution in [0.5, 0.6) is 0 Å². The van der Waals surface area contributed by atoms with Crippen LogP contribution in [0.3, 0.4) is 0 Å². The van der Waals surface area contributed by atoms with E-state index in [2.05, 4.69) is 10.0 Å². The van der Waals surface area contributed by atoms with Gasteiger partial charge in [-0.3, -0.25) is 9.59 Å². The molecule has 0 radical (unpaired) electrons. The van der Waals surface area contributed by atoms with E-state index < -0.39 is 10.0 Å². The summed E-state index contributed by atoms with van der Waals surface area (Å²) in [4.78, 5) is 26.9. The van der Waals surface area contributed by atoms with Crippen LogP contribution in [0.2, 0.25) is 0 Å². The third kappa shape index (κ3) is 4.68. The van der Waals surface area contributed by atoms with Crippen molar-refractivity contribution < 1.29 is 18.0 Å². The van der Waals surface area contributed by atoms with E-state index in [0.29, 0.717) is 18.8 Å². The summed E-state index contributed by atoms with van der Waals surface area (Å²) in [5.74, 6) is -0.484. The third-order valence-electron chi connectivity index (χ3n) is 5.31. The molecule has 148 valence electrons. The molecule has 2 N–H and O–H groups in total. The number of carbonyl (C=O) groups excluding carboxylic acids is 2. The van der Waals surface area contributed by atoms with Crippen LogP contribution in [-0.4, -0.2) is 44.3 Å². The summed E-state index contributed by atoms with van der Waals surface area (Å²) >= 11 is 0. The van der Waals surface area contributed by atoms with E-state index in [1.807, 2.05) is 4.90 Å². The maximum absolute atomic E-state index is 12.6. The van der Waals surface area contributed by atoms with Crippen molar-refractivity contribution in [2.45, 2.75) is 56.4 Å². The van der Waals surface area contributed by atoms with Crippen LogP contribution in [0.15, 0.2) is 29.2 Å². The van der Waals surface area contributed by atoms with Crippen LogP contribution in [0.1, 0.15) is 45.4 Å². The summed E-state index contributed by atoms with van der Waals surface area (Å²) in [5.41, 5.74) is 0.527. The Balaban J connectivity index is 1.60. The Hall–Kier alpha value is -1.93. The first-order valence-corrected chi connectivity index (χ1v) is 11.1. The number of likely N-dealkylation sites (tertiary alicyclic amines) is 1. The Bertz CT molecular complexity index is 786. The fourth-order valence-corrected chi connectivity index (χ4v) is 4.93. The molecule has 1 aromatic rings. The highest BCUT2D eigenvalue weighted by Crippen LogP contribution is 2.29. The van der Waals surface area contributed by atoms with Crippen molar-refractivity contribution in [2.24, 2.45) is 5.92 Å². The minimum atomic E-state index is -3.51. The standard InChI is InChI=1S/C19H27N3O4S/c1-2-20-27(25,26)17-10-8-15(9-11-17)21-19(24)14-12-18(23)22(13-14)16-6-4-3-5-7-16/h8-11,14,16,20H,2-7,12-13H2,1H3,(H,21,24)/t14-/m0/s1. The molecule has 2 amide bonds. The zero-order valence-electron chi connectivity index (χ0n) is 15.6. The lowest BCUT2D eigenvalue weighted by Crippen LogP contribution is -2.38. The van der Waals surface area contributed by atoms with Crippen LogP contribution in [0.4, 0.5) is 5.69 Å². The molecule has 1 aliphatic heterocycles. The SMILES string of the molecule is CCNS(=O)(=O)c1ccc(NC(=O)[C@H]2CC(=O)N(C3CCCCC3)C2)cc1. The van der Waals surface area contributed by atoms with Crippen molar-refractivity contribution >= 4 is 27.5 Å². The number of anilines is 1. The minimum Gasteiger partial charge on any atom is -0.339 e. The first-order valence-electron chi connectivity index (χ1n) is 9.61. The highest BCUT2D eigenvalue weighted by atomic mass is 32.2. The smallest absolute Gasteiger partial charge is 0.240 e. The summed E-state index contributed by atoms with van der Waals surface area (Å²) in [6.45, 7) is 2.50. The van der Waals surface area contributed by atoms with Gasteiger partial charge in [-0.1, -0.05) is 26.2 Å². The predicted molar refractivity (Wildman–Crippen MR) is 103 cm³/mol. The predicted octanol–water partition coefficient (Wildman–Crippen LogP) is 2.10. The molecule has 1 aromatic carbocycles. The molecule has 1 aliphatic carbocycles. The number of hydrogen-bond donors (Lipinski definition) is 2. The Labute approximate surface area is 160 Å². The molecule has 7 nitrogen and oxygen atoms in total. The number of carbonyl (C=O) groups is 2. The maximum atomic E-state index is 12.6. The second kappa shape index (κ2) is 8.39. The second-order valence-corrected chi connectivity index (χ2v) is 9.02. The number of nitrogens with one attached hydrogen (secondary N) is 2. The molecule has 2 fully saturated rings. The Morgan fingerprint density at radius 2 is 1.81 bits per heavy atom. The van der Waals surface area contributed by atoms with Gasteiger partial charge in [-0.25, -0.2) is 13.1 Å². The van der Waals surface area contributed by atoms with E-state index in [4.69, 9.17) is 0 Å². The van der Waals surface area contributed by atoms with E-state index in [-0.39, 0.29) is 35.1 Å². The summed E-state index contributed by atoms with van der Waals surface area (Å²) in [6, 6.07) is 6.33. The molecule has 0 spiro atoms. The van der Waals surface area contributed by atoms with Crippen LogP contribution in [0.25, 0.3) is 0 Å². The van der Waals surface area contributed by atoms with Crippen LogP contribution >= 0.6 is 0 Å². The summed E-state index contributed by atoms with van der Waals surface area (Å²) in [5, 5.41) is 2.81. The van der Waals surface area contributed by atoms with Gasteiger partial charge in [0.25, 0.3) is 0 Å². The number of hydrogen-bond acceptors (Lipinski definition) is 4. The highest BCUT2D eigenvalue weighted by molar-refractivity contribution is 7.89. The van der Waals surface area contributed by atoms with E-state index in [0.717, 1.165) is 25.7 Å². The minimum absolute atomic E-state index is 0.0640. The first kappa shape index (κ1) is 19.8. The number of benzene rings is 1. The van der Waals surface area contributed by atoms with Gasteiger partial charge in [-0.15, -0.1) is 0 Å². The van der Waals surface area contributed by atoms with Crippen molar-refractivity contribution in [2.75, 3.05) is 18.4 Å².